The van der Waals surface area contributed by atoms with Crippen molar-refractivity contribution >= 4 is 15.9 Å². The summed E-state index contributed by atoms with van der Waals surface area (Å²) in [5.74, 6) is 1.85. The summed E-state index contributed by atoms with van der Waals surface area (Å²) >= 11 is 3.32. The van der Waals surface area contributed by atoms with Gasteiger partial charge in [-0.2, -0.15) is 5.10 Å². The Morgan fingerprint density at radius 2 is 2.22 bits per heavy atom. The van der Waals surface area contributed by atoms with Crippen LogP contribution in [-0.2, 0) is 6.42 Å². The van der Waals surface area contributed by atoms with Crippen LogP contribution in [0.2, 0.25) is 0 Å². The van der Waals surface area contributed by atoms with E-state index >= 15 is 0 Å². The number of likely N-dealkylation sites (N-methyl/N-ethyl adjacent to an activating group) is 1. The van der Waals surface area contributed by atoms with E-state index in [0.717, 1.165) is 22.7 Å². The molecular formula is C12H17BrN4O. The standard InChI is InChI=1S/C12H17BrN4O/c1-8(2)17-12(15-7-16-17)6-9(14-3)10-4-5-11(13)18-10/h4-5,7-9,14H,6H2,1-3H3. The van der Waals surface area contributed by atoms with Crippen molar-refractivity contribution in [1.29, 1.82) is 0 Å². The molecule has 2 heterocycles. The lowest BCUT2D eigenvalue weighted by atomic mass is 10.1. The van der Waals surface area contributed by atoms with E-state index in [1.54, 1.807) is 6.33 Å². The Hall–Kier alpha value is -1.14. The summed E-state index contributed by atoms with van der Waals surface area (Å²) in [6, 6.07) is 4.26. The number of nitrogens with one attached hydrogen (secondary N) is 1. The normalized spacial score (nSPS) is 13.2. The van der Waals surface area contributed by atoms with Crippen molar-refractivity contribution in [3.8, 4) is 0 Å². The fourth-order valence-corrected chi connectivity index (χ4v) is 2.21. The number of hydrogen-bond donors (Lipinski definition) is 1. The Bertz CT molecular complexity index is 506. The SMILES string of the molecule is CNC(Cc1ncnn1C(C)C)c1ccc(Br)o1. The quantitative estimate of drug-likeness (QED) is 0.922. The molecule has 6 heteroatoms. The molecule has 5 nitrogen and oxygen atoms in total. The van der Waals surface area contributed by atoms with Crippen molar-refractivity contribution < 1.29 is 4.42 Å². The zero-order chi connectivity index (χ0) is 13.1. The molecule has 2 rings (SSSR count). The van der Waals surface area contributed by atoms with Gasteiger partial charge in [0.1, 0.15) is 17.9 Å². The first-order valence-electron chi connectivity index (χ1n) is 5.92. The monoisotopic (exact) mass is 312 g/mol. The van der Waals surface area contributed by atoms with Gasteiger partial charge >= 0.3 is 0 Å². The van der Waals surface area contributed by atoms with Gasteiger partial charge in [0.2, 0.25) is 0 Å². The summed E-state index contributed by atoms with van der Waals surface area (Å²) in [6.45, 7) is 4.19. The van der Waals surface area contributed by atoms with Crippen LogP contribution >= 0.6 is 15.9 Å². The molecule has 0 aromatic carbocycles. The highest BCUT2D eigenvalue weighted by Crippen LogP contribution is 2.23. The van der Waals surface area contributed by atoms with Gasteiger partial charge in [0.25, 0.3) is 0 Å². The van der Waals surface area contributed by atoms with Gasteiger partial charge in [0.05, 0.1) is 6.04 Å². The third kappa shape index (κ3) is 2.81. The molecule has 0 aliphatic carbocycles. The second-order valence-electron chi connectivity index (χ2n) is 4.40. The second kappa shape index (κ2) is 5.67. The van der Waals surface area contributed by atoms with E-state index in [-0.39, 0.29) is 6.04 Å². The van der Waals surface area contributed by atoms with E-state index in [0.29, 0.717) is 6.04 Å². The third-order valence-electron chi connectivity index (χ3n) is 2.81. The minimum atomic E-state index is 0.0954. The van der Waals surface area contributed by atoms with E-state index in [1.807, 2.05) is 23.9 Å². The molecule has 0 fully saturated rings. The highest BCUT2D eigenvalue weighted by Gasteiger charge is 2.18. The lowest BCUT2D eigenvalue weighted by molar-refractivity contribution is 0.401. The summed E-state index contributed by atoms with van der Waals surface area (Å²) in [6.07, 6.45) is 2.34. The predicted octanol–water partition coefficient (Wildman–Crippen LogP) is 2.72. The zero-order valence-electron chi connectivity index (χ0n) is 10.7. The number of rotatable bonds is 5. The van der Waals surface area contributed by atoms with Crippen LogP contribution in [0, 0.1) is 0 Å². The Labute approximate surface area is 115 Å². The maximum atomic E-state index is 5.58. The molecule has 0 bridgehead atoms. The maximum Gasteiger partial charge on any atom is 0.169 e. The first-order chi connectivity index (χ1) is 8.61. The number of nitrogens with zero attached hydrogens (tertiary/aromatic N) is 3. The van der Waals surface area contributed by atoms with Gasteiger partial charge in [-0.25, -0.2) is 9.67 Å². The van der Waals surface area contributed by atoms with Crippen LogP contribution in [0.4, 0.5) is 0 Å². The highest BCUT2D eigenvalue weighted by molar-refractivity contribution is 9.10. The molecular weight excluding hydrogens is 296 g/mol. The van der Waals surface area contributed by atoms with Gasteiger partial charge in [-0.15, -0.1) is 0 Å². The lowest BCUT2D eigenvalue weighted by Crippen LogP contribution is -2.21. The summed E-state index contributed by atoms with van der Waals surface area (Å²) in [5.41, 5.74) is 0. The van der Waals surface area contributed by atoms with E-state index in [9.17, 15) is 0 Å². The largest absolute Gasteiger partial charge is 0.453 e. The zero-order valence-corrected chi connectivity index (χ0v) is 12.3. The molecule has 1 unspecified atom stereocenters. The van der Waals surface area contributed by atoms with Crippen molar-refractivity contribution in [2.75, 3.05) is 7.05 Å². The van der Waals surface area contributed by atoms with E-state index in [1.165, 1.54) is 0 Å². The van der Waals surface area contributed by atoms with E-state index in [2.05, 4.69) is 45.2 Å². The third-order valence-corrected chi connectivity index (χ3v) is 3.24. The molecule has 2 aromatic heterocycles. The molecule has 0 saturated carbocycles. The van der Waals surface area contributed by atoms with Crippen molar-refractivity contribution in [1.82, 2.24) is 20.1 Å². The first kappa shape index (κ1) is 13.3. The van der Waals surface area contributed by atoms with Gasteiger partial charge in [0.15, 0.2) is 4.67 Å². The van der Waals surface area contributed by atoms with Crippen molar-refractivity contribution in [3.05, 3.63) is 34.7 Å². The molecule has 1 N–H and O–H groups in total. The minimum absolute atomic E-state index is 0.0954. The molecule has 0 aliphatic rings. The molecule has 1 atom stereocenters. The highest BCUT2D eigenvalue weighted by atomic mass is 79.9. The molecule has 2 aromatic rings. The van der Waals surface area contributed by atoms with Crippen molar-refractivity contribution in [2.45, 2.75) is 32.4 Å². The Morgan fingerprint density at radius 1 is 1.44 bits per heavy atom. The van der Waals surface area contributed by atoms with Gasteiger partial charge in [-0.3, -0.25) is 0 Å². The summed E-state index contributed by atoms with van der Waals surface area (Å²) in [5, 5.41) is 7.48. The molecule has 0 spiro atoms. The molecule has 0 saturated heterocycles. The van der Waals surface area contributed by atoms with Crippen LogP contribution in [0.15, 0.2) is 27.5 Å². The fourth-order valence-electron chi connectivity index (χ4n) is 1.89. The Morgan fingerprint density at radius 3 is 2.78 bits per heavy atom. The molecule has 18 heavy (non-hydrogen) atoms. The molecule has 0 amide bonds. The summed E-state index contributed by atoms with van der Waals surface area (Å²) in [7, 11) is 1.91. The van der Waals surface area contributed by atoms with Crippen LogP contribution < -0.4 is 5.32 Å². The Kier molecular flexibility index (Phi) is 4.19. The van der Waals surface area contributed by atoms with E-state index < -0.39 is 0 Å². The van der Waals surface area contributed by atoms with Crippen LogP contribution in [0.1, 0.15) is 37.5 Å². The van der Waals surface area contributed by atoms with Crippen LogP contribution in [-0.4, -0.2) is 21.8 Å². The van der Waals surface area contributed by atoms with E-state index in [4.69, 9.17) is 4.42 Å². The maximum absolute atomic E-state index is 5.58. The van der Waals surface area contributed by atoms with Crippen LogP contribution in [0.5, 0.6) is 0 Å². The average Bonchev–Trinajstić information content (AvgIpc) is 2.94. The second-order valence-corrected chi connectivity index (χ2v) is 5.18. The Balaban J connectivity index is 2.18. The number of halogens is 1. The predicted molar refractivity (Wildman–Crippen MR) is 72.3 cm³/mol. The van der Waals surface area contributed by atoms with Crippen molar-refractivity contribution in [3.63, 3.8) is 0 Å². The van der Waals surface area contributed by atoms with Gasteiger partial charge in [-0.1, -0.05) is 0 Å². The molecule has 98 valence electrons. The fraction of sp³-hybridized carbons (Fsp3) is 0.500. The van der Waals surface area contributed by atoms with Gasteiger partial charge in [0, 0.05) is 12.5 Å². The molecule has 0 radical (unpaired) electrons. The number of furan rings is 1. The van der Waals surface area contributed by atoms with Crippen molar-refractivity contribution in [2.24, 2.45) is 0 Å². The number of aromatic nitrogens is 3. The number of hydrogen-bond acceptors (Lipinski definition) is 4. The summed E-state index contributed by atoms with van der Waals surface area (Å²) < 4.78 is 8.25. The molecule has 0 aliphatic heterocycles. The van der Waals surface area contributed by atoms with Gasteiger partial charge in [-0.05, 0) is 49.0 Å². The smallest absolute Gasteiger partial charge is 0.169 e. The van der Waals surface area contributed by atoms with Crippen LogP contribution in [0.25, 0.3) is 0 Å². The van der Waals surface area contributed by atoms with Crippen LogP contribution in [0.3, 0.4) is 0 Å². The topological polar surface area (TPSA) is 55.9 Å². The average molecular weight is 313 g/mol. The lowest BCUT2D eigenvalue weighted by Gasteiger charge is -2.15. The van der Waals surface area contributed by atoms with Gasteiger partial charge < -0.3 is 9.73 Å². The minimum Gasteiger partial charge on any atom is -0.453 e. The summed E-state index contributed by atoms with van der Waals surface area (Å²) in [4.78, 5) is 4.32. The first-order valence-corrected chi connectivity index (χ1v) is 6.72.